The van der Waals surface area contributed by atoms with Gasteiger partial charge in [-0.15, -0.1) is 0 Å². The zero-order valence-corrected chi connectivity index (χ0v) is 8.63. The fourth-order valence-electron chi connectivity index (χ4n) is 1.64. The Balaban J connectivity index is 2.08. The van der Waals surface area contributed by atoms with E-state index in [-0.39, 0.29) is 6.04 Å². The second-order valence-corrected chi connectivity index (χ2v) is 5.45. The lowest BCUT2D eigenvalue weighted by atomic mass is 10.2. The molecular weight excluding hydrogens is 202 g/mol. The zero-order chi connectivity index (χ0) is 10.2. The molecule has 0 bridgehead atoms. The molecule has 1 saturated heterocycles. The van der Waals surface area contributed by atoms with Crippen LogP contribution in [0.1, 0.15) is 25.7 Å². The third-order valence-electron chi connectivity index (χ3n) is 2.55. The molecule has 5 nitrogen and oxygen atoms in total. The molecule has 78 valence electrons. The standard InChI is InChI=1S/C8H13N3O2S/c9-6-8-2-1-5-11(8)14(12,13)10-7-3-4-7/h7-8,10H,1-5H2. The van der Waals surface area contributed by atoms with Gasteiger partial charge in [0.25, 0.3) is 10.2 Å². The van der Waals surface area contributed by atoms with Gasteiger partial charge >= 0.3 is 0 Å². The maximum atomic E-state index is 11.7. The van der Waals surface area contributed by atoms with Crippen LogP contribution in [-0.2, 0) is 10.2 Å². The maximum absolute atomic E-state index is 11.7. The van der Waals surface area contributed by atoms with E-state index in [2.05, 4.69) is 4.72 Å². The van der Waals surface area contributed by atoms with E-state index >= 15 is 0 Å². The fraction of sp³-hybridized carbons (Fsp3) is 0.875. The molecule has 0 spiro atoms. The third kappa shape index (κ3) is 1.90. The highest BCUT2D eigenvalue weighted by atomic mass is 32.2. The molecule has 1 unspecified atom stereocenters. The minimum absolute atomic E-state index is 0.111. The SMILES string of the molecule is N#CC1CCCN1S(=O)(=O)NC1CC1. The highest BCUT2D eigenvalue weighted by Gasteiger charge is 2.37. The zero-order valence-electron chi connectivity index (χ0n) is 7.81. The van der Waals surface area contributed by atoms with Crippen molar-refractivity contribution in [2.45, 2.75) is 37.8 Å². The molecule has 0 aromatic heterocycles. The first-order chi connectivity index (χ1) is 6.63. The summed E-state index contributed by atoms with van der Waals surface area (Å²) in [7, 11) is -3.40. The summed E-state index contributed by atoms with van der Waals surface area (Å²) >= 11 is 0. The molecule has 2 rings (SSSR count). The molecule has 1 heterocycles. The van der Waals surface area contributed by atoms with Gasteiger partial charge in [-0.25, -0.2) is 0 Å². The van der Waals surface area contributed by atoms with Crippen molar-refractivity contribution < 1.29 is 8.42 Å². The van der Waals surface area contributed by atoms with Crippen molar-refractivity contribution in [2.75, 3.05) is 6.54 Å². The van der Waals surface area contributed by atoms with Crippen molar-refractivity contribution >= 4 is 10.2 Å². The molecule has 0 aromatic carbocycles. The lowest BCUT2D eigenvalue weighted by Crippen LogP contribution is -2.43. The van der Waals surface area contributed by atoms with Crippen LogP contribution in [0.3, 0.4) is 0 Å². The Bertz CT molecular complexity index is 355. The van der Waals surface area contributed by atoms with Crippen LogP contribution < -0.4 is 4.72 Å². The van der Waals surface area contributed by atoms with E-state index in [1.54, 1.807) is 0 Å². The molecule has 2 fully saturated rings. The quantitative estimate of drug-likeness (QED) is 0.718. The van der Waals surface area contributed by atoms with Gasteiger partial charge in [0, 0.05) is 12.6 Å². The molecule has 0 radical (unpaired) electrons. The summed E-state index contributed by atoms with van der Waals surface area (Å²) in [6.07, 6.45) is 3.28. The van der Waals surface area contributed by atoms with Gasteiger partial charge < -0.3 is 0 Å². The molecule has 0 aromatic rings. The van der Waals surface area contributed by atoms with Gasteiger partial charge in [0.1, 0.15) is 6.04 Å². The summed E-state index contributed by atoms with van der Waals surface area (Å²) in [6, 6.07) is 1.67. The highest BCUT2D eigenvalue weighted by Crippen LogP contribution is 2.24. The third-order valence-corrected chi connectivity index (χ3v) is 4.24. The van der Waals surface area contributed by atoms with Gasteiger partial charge in [0.2, 0.25) is 0 Å². The number of nitrogens with zero attached hydrogens (tertiary/aromatic N) is 2. The van der Waals surface area contributed by atoms with E-state index in [0.717, 1.165) is 19.3 Å². The second-order valence-electron chi connectivity index (χ2n) is 3.80. The Hall–Kier alpha value is -0.640. The molecule has 2 aliphatic rings. The summed E-state index contributed by atoms with van der Waals surface area (Å²) < 4.78 is 27.3. The normalized spacial score (nSPS) is 28.9. The summed E-state index contributed by atoms with van der Waals surface area (Å²) in [6.45, 7) is 0.472. The summed E-state index contributed by atoms with van der Waals surface area (Å²) in [5.41, 5.74) is 0. The summed E-state index contributed by atoms with van der Waals surface area (Å²) in [5, 5.41) is 8.77. The van der Waals surface area contributed by atoms with Crippen molar-refractivity contribution in [3.8, 4) is 6.07 Å². The van der Waals surface area contributed by atoms with Crippen molar-refractivity contribution in [3.05, 3.63) is 0 Å². The van der Waals surface area contributed by atoms with Crippen molar-refractivity contribution in [2.24, 2.45) is 0 Å². The number of nitriles is 1. The van der Waals surface area contributed by atoms with Gasteiger partial charge in [-0.1, -0.05) is 0 Å². The fourth-order valence-corrected chi connectivity index (χ4v) is 3.29. The van der Waals surface area contributed by atoms with Crippen LogP contribution >= 0.6 is 0 Å². The van der Waals surface area contributed by atoms with E-state index < -0.39 is 16.3 Å². The Kier molecular flexibility index (Phi) is 2.47. The van der Waals surface area contributed by atoms with E-state index in [1.807, 2.05) is 6.07 Å². The summed E-state index contributed by atoms with van der Waals surface area (Å²) in [5.74, 6) is 0. The molecule has 1 aliphatic carbocycles. The Morgan fingerprint density at radius 1 is 1.36 bits per heavy atom. The van der Waals surface area contributed by atoms with Gasteiger partial charge in [0.15, 0.2) is 0 Å². The number of hydrogen-bond acceptors (Lipinski definition) is 3. The van der Waals surface area contributed by atoms with Crippen LogP contribution in [0, 0.1) is 11.3 Å². The van der Waals surface area contributed by atoms with E-state index in [1.165, 1.54) is 4.31 Å². The highest BCUT2D eigenvalue weighted by molar-refractivity contribution is 7.87. The maximum Gasteiger partial charge on any atom is 0.280 e. The number of rotatable bonds is 3. The van der Waals surface area contributed by atoms with Crippen LogP contribution in [0.25, 0.3) is 0 Å². The first-order valence-electron chi connectivity index (χ1n) is 4.82. The molecular formula is C8H13N3O2S. The van der Waals surface area contributed by atoms with E-state index in [0.29, 0.717) is 13.0 Å². The molecule has 1 atom stereocenters. The molecule has 14 heavy (non-hydrogen) atoms. The Labute approximate surface area is 83.9 Å². The van der Waals surface area contributed by atoms with Crippen LogP contribution in [0.5, 0.6) is 0 Å². The van der Waals surface area contributed by atoms with Crippen molar-refractivity contribution in [1.29, 1.82) is 5.26 Å². The first-order valence-corrected chi connectivity index (χ1v) is 6.26. The lowest BCUT2D eigenvalue weighted by molar-refractivity contribution is 0.427. The van der Waals surface area contributed by atoms with E-state index in [9.17, 15) is 8.42 Å². The minimum atomic E-state index is -3.40. The average molecular weight is 215 g/mol. The monoisotopic (exact) mass is 215 g/mol. The predicted octanol–water partition coefficient (Wildman–Crippen LogP) is -0.0288. The lowest BCUT2D eigenvalue weighted by Gasteiger charge is -2.19. The van der Waals surface area contributed by atoms with Gasteiger partial charge in [-0.2, -0.15) is 22.7 Å². The van der Waals surface area contributed by atoms with E-state index in [4.69, 9.17) is 5.26 Å². The van der Waals surface area contributed by atoms with Crippen LogP contribution in [0.15, 0.2) is 0 Å². The molecule has 6 heteroatoms. The molecule has 0 amide bonds. The largest absolute Gasteiger partial charge is 0.280 e. The minimum Gasteiger partial charge on any atom is -0.199 e. The molecule has 1 saturated carbocycles. The van der Waals surface area contributed by atoms with Crippen LogP contribution in [0.2, 0.25) is 0 Å². The van der Waals surface area contributed by atoms with Gasteiger partial charge in [-0.3, -0.25) is 0 Å². The number of nitrogens with one attached hydrogen (secondary N) is 1. The van der Waals surface area contributed by atoms with Crippen LogP contribution in [0.4, 0.5) is 0 Å². The average Bonchev–Trinajstić information content (AvgIpc) is 2.80. The molecule has 1 N–H and O–H groups in total. The first kappa shape index (κ1) is 9.90. The number of hydrogen-bond donors (Lipinski definition) is 1. The Morgan fingerprint density at radius 2 is 2.07 bits per heavy atom. The smallest absolute Gasteiger partial charge is 0.199 e. The predicted molar refractivity (Wildman–Crippen MR) is 50.4 cm³/mol. The molecule has 1 aliphatic heterocycles. The topological polar surface area (TPSA) is 73.2 Å². The van der Waals surface area contributed by atoms with Gasteiger partial charge in [0.05, 0.1) is 6.07 Å². The van der Waals surface area contributed by atoms with Gasteiger partial charge in [-0.05, 0) is 25.7 Å². The second kappa shape index (κ2) is 3.50. The van der Waals surface area contributed by atoms with Crippen LogP contribution in [-0.4, -0.2) is 31.4 Å². The summed E-state index contributed by atoms with van der Waals surface area (Å²) in [4.78, 5) is 0. The Morgan fingerprint density at radius 3 is 2.64 bits per heavy atom. The van der Waals surface area contributed by atoms with Crippen molar-refractivity contribution in [3.63, 3.8) is 0 Å². The van der Waals surface area contributed by atoms with Crippen molar-refractivity contribution in [1.82, 2.24) is 9.03 Å².